The van der Waals surface area contributed by atoms with Gasteiger partial charge in [0.25, 0.3) is 0 Å². The zero-order chi connectivity index (χ0) is 16.9. The lowest BCUT2D eigenvalue weighted by Gasteiger charge is -2.14. The highest BCUT2D eigenvalue weighted by molar-refractivity contribution is 7.99. The van der Waals surface area contributed by atoms with Crippen molar-refractivity contribution in [3.8, 4) is 10.7 Å². The fourth-order valence-electron chi connectivity index (χ4n) is 2.11. The second kappa shape index (κ2) is 7.83. The van der Waals surface area contributed by atoms with Crippen LogP contribution in [0.3, 0.4) is 0 Å². The molecule has 124 valence electrons. The largest absolute Gasteiger partial charge is 0.349 e. The van der Waals surface area contributed by atoms with Gasteiger partial charge in [0.05, 0.1) is 16.7 Å². The molecular formula is C16H15ClN4OS2. The average molecular weight is 379 g/mol. The molecule has 0 aliphatic rings. The molecule has 2 aromatic heterocycles. The van der Waals surface area contributed by atoms with E-state index in [4.69, 9.17) is 11.6 Å². The molecule has 2 heterocycles. The van der Waals surface area contributed by atoms with Crippen LogP contribution < -0.4 is 5.32 Å². The molecule has 0 aliphatic carbocycles. The molecule has 8 heteroatoms. The van der Waals surface area contributed by atoms with Gasteiger partial charge in [0, 0.05) is 5.02 Å². The van der Waals surface area contributed by atoms with Gasteiger partial charge < -0.3 is 5.32 Å². The third-order valence-electron chi connectivity index (χ3n) is 3.28. The van der Waals surface area contributed by atoms with Crippen LogP contribution in [-0.2, 0) is 4.79 Å². The number of benzene rings is 1. The van der Waals surface area contributed by atoms with Crippen LogP contribution in [0.25, 0.3) is 10.7 Å². The Bertz CT molecular complexity index is 819. The third-order valence-corrected chi connectivity index (χ3v) is 5.24. The van der Waals surface area contributed by atoms with Crippen LogP contribution in [0.4, 0.5) is 0 Å². The molecular weight excluding hydrogens is 364 g/mol. The number of hydrogen-bond donors (Lipinski definition) is 2. The van der Waals surface area contributed by atoms with Crippen LogP contribution in [-0.4, -0.2) is 26.8 Å². The maximum atomic E-state index is 12.1. The van der Waals surface area contributed by atoms with Crippen molar-refractivity contribution in [2.24, 2.45) is 0 Å². The minimum absolute atomic E-state index is 0.0741. The zero-order valence-electron chi connectivity index (χ0n) is 12.8. The highest BCUT2D eigenvalue weighted by Gasteiger charge is 2.12. The zero-order valence-corrected chi connectivity index (χ0v) is 15.2. The maximum Gasteiger partial charge on any atom is 0.230 e. The van der Waals surface area contributed by atoms with Crippen molar-refractivity contribution < 1.29 is 4.79 Å². The summed E-state index contributed by atoms with van der Waals surface area (Å²) in [4.78, 5) is 17.5. The van der Waals surface area contributed by atoms with Gasteiger partial charge >= 0.3 is 0 Å². The van der Waals surface area contributed by atoms with E-state index in [2.05, 4.69) is 20.5 Å². The maximum absolute atomic E-state index is 12.1. The lowest BCUT2D eigenvalue weighted by atomic mass is 10.1. The Morgan fingerprint density at radius 2 is 2.29 bits per heavy atom. The molecule has 0 saturated heterocycles. The number of thiophene rings is 1. The fraction of sp³-hybridized carbons (Fsp3) is 0.188. The Hall–Kier alpha value is -1.83. The standard InChI is InChI=1S/C16H15ClN4OS2/c1-10(11-4-2-5-12(17)8-11)18-14(22)9-24-16-19-15(20-21-16)13-6-3-7-23-13/h2-8,10H,9H2,1H3,(H,18,22)(H,19,20,21)/t10-/m0/s1. The number of halogens is 1. The number of aromatic amines is 1. The lowest BCUT2D eigenvalue weighted by Crippen LogP contribution is -2.28. The molecule has 0 fully saturated rings. The smallest absolute Gasteiger partial charge is 0.230 e. The Balaban J connectivity index is 1.52. The van der Waals surface area contributed by atoms with Crippen LogP contribution in [0.1, 0.15) is 18.5 Å². The average Bonchev–Trinajstić information content (AvgIpc) is 3.24. The van der Waals surface area contributed by atoms with Gasteiger partial charge in [-0.15, -0.1) is 16.4 Å². The van der Waals surface area contributed by atoms with Crippen molar-refractivity contribution in [3.05, 3.63) is 52.4 Å². The van der Waals surface area contributed by atoms with Crippen LogP contribution in [0, 0.1) is 0 Å². The number of nitrogens with one attached hydrogen (secondary N) is 2. The van der Waals surface area contributed by atoms with Gasteiger partial charge in [0.1, 0.15) is 0 Å². The summed E-state index contributed by atoms with van der Waals surface area (Å²) in [5.41, 5.74) is 0.971. The van der Waals surface area contributed by atoms with Gasteiger partial charge in [-0.25, -0.2) is 4.98 Å². The summed E-state index contributed by atoms with van der Waals surface area (Å²) in [6.45, 7) is 1.93. The van der Waals surface area contributed by atoms with E-state index >= 15 is 0 Å². The molecule has 0 aliphatic heterocycles. The number of carbonyl (C=O) groups excluding carboxylic acids is 1. The van der Waals surface area contributed by atoms with Crippen molar-refractivity contribution in [1.82, 2.24) is 20.5 Å². The minimum atomic E-state index is -0.106. The van der Waals surface area contributed by atoms with E-state index in [-0.39, 0.29) is 17.7 Å². The number of aromatic nitrogens is 3. The summed E-state index contributed by atoms with van der Waals surface area (Å²) in [7, 11) is 0. The summed E-state index contributed by atoms with van der Waals surface area (Å²) < 4.78 is 0. The number of thioether (sulfide) groups is 1. The van der Waals surface area contributed by atoms with E-state index in [1.54, 1.807) is 11.3 Å². The van der Waals surface area contributed by atoms with Crippen LogP contribution in [0.15, 0.2) is 46.9 Å². The molecule has 3 rings (SSSR count). The Morgan fingerprint density at radius 1 is 1.42 bits per heavy atom. The molecule has 0 bridgehead atoms. The molecule has 0 saturated carbocycles. The normalized spacial score (nSPS) is 12.1. The molecule has 0 spiro atoms. The molecule has 3 aromatic rings. The number of nitrogens with zero attached hydrogens (tertiary/aromatic N) is 2. The van der Waals surface area contributed by atoms with E-state index in [1.165, 1.54) is 11.8 Å². The summed E-state index contributed by atoms with van der Waals surface area (Å²) >= 11 is 8.86. The molecule has 1 amide bonds. The highest BCUT2D eigenvalue weighted by atomic mass is 35.5. The fourth-order valence-corrected chi connectivity index (χ4v) is 3.58. The van der Waals surface area contributed by atoms with E-state index in [0.717, 1.165) is 16.3 Å². The first-order chi connectivity index (χ1) is 11.6. The summed E-state index contributed by atoms with van der Waals surface area (Å²) in [5.74, 6) is 0.905. The molecule has 0 unspecified atom stereocenters. The van der Waals surface area contributed by atoms with Crippen LogP contribution >= 0.6 is 34.7 Å². The van der Waals surface area contributed by atoms with Crippen molar-refractivity contribution in [3.63, 3.8) is 0 Å². The van der Waals surface area contributed by atoms with Gasteiger partial charge in [-0.05, 0) is 36.1 Å². The topological polar surface area (TPSA) is 70.7 Å². The number of H-pyrrole nitrogens is 1. The molecule has 2 N–H and O–H groups in total. The van der Waals surface area contributed by atoms with Crippen LogP contribution in [0.2, 0.25) is 5.02 Å². The van der Waals surface area contributed by atoms with E-state index in [9.17, 15) is 4.79 Å². The van der Waals surface area contributed by atoms with Crippen molar-refractivity contribution >= 4 is 40.6 Å². The predicted octanol–water partition coefficient (Wildman–Crippen LogP) is 4.16. The first-order valence-electron chi connectivity index (χ1n) is 7.26. The van der Waals surface area contributed by atoms with Crippen molar-refractivity contribution in [2.45, 2.75) is 18.1 Å². The number of carbonyl (C=O) groups is 1. The Morgan fingerprint density at radius 3 is 3.04 bits per heavy atom. The number of rotatable bonds is 6. The highest BCUT2D eigenvalue weighted by Crippen LogP contribution is 2.23. The third kappa shape index (κ3) is 4.37. The Kier molecular flexibility index (Phi) is 5.55. The number of hydrogen-bond acceptors (Lipinski definition) is 5. The van der Waals surface area contributed by atoms with Crippen molar-refractivity contribution in [1.29, 1.82) is 0 Å². The summed E-state index contributed by atoms with van der Waals surface area (Å²) in [5, 5.41) is 13.2. The van der Waals surface area contributed by atoms with E-state index in [1.807, 2.05) is 48.7 Å². The summed E-state index contributed by atoms with van der Waals surface area (Å²) in [6, 6.07) is 11.3. The second-order valence-electron chi connectivity index (χ2n) is 5.08. The lowest BCUT2D eigenvalue weighted by molar-refractivity contribution is -0.119. The SMILES string of the molecule is C[C@H](NC(=O)CSc1n[nH]c(-c2cccs2)n1)c1cccc(Cl)c1. The molecule has 1 atom stereocenters. The predicted molar refractivity (Wildman–Crippen MR) is 98.4 cm³/mol. The molecule has 0 radical (unpaired) electrons. The van der Waals surface area contributed by atoms with Gasteiger partial charge in [-0.1, -0.05) is 41.6 Å². The monoisotopic (exact) mass is 378 g/mol. The van der Waals surface area contributed by atoms with E-state index in [0.29, 0.717) is 10.2 Å². The molecule has 24 heavy (non-hydrogen) atoms. The molecule has 1 aromatic carbocycles. The van der Waals surface area contributed by atoms with Gasteiger partial charge in [-0.3, -0.25) is 9.89 Å². The quantitative estimate of drug-likeness (QED) is 0.632. The first-order valence-corrected chi connectivity index (χ1v) is 9.50. The first kappa shape index (κ1) is 17.0. The van der Waals surface area contributed by atoms with Gasteiger partial charge in [0.15, 0.2) is 5.82 Å². The molecule has 5 nitrogen and oxygen atoms in total. The van der Waals surface area contributed by atoms with Gasteiger partial charge in [0.2, 0.25) is 11.1 Å². The Labute approximate surface area is 152 Å². The minimum Gasteiger partial charge on any atom is -0.349 e. The second-order valence-corrected chi connectivity index (χ2v) is 7.40. The van der Waals surface area contributed by atoms with E-state index < -0.39 is 0 Å². The van der Waals surface area contributed by atoms with Gasteiger partial charge in [-0.2, -0.15) is 0 Å². The van der Waals surface area contributed by atoms with Crippen molar-refractivity contribution in [2.75, 3.05) is 5.75 Å². The van der Waals surface area contributed by atoms with Crippen LogP contribution in [0.5, 0.6) is 0 Å². The summed E-state index contributed by atoms with van der Waals surface area (Å²) in [6.07, 6.45) is 0. The number of amides is 1.